The number of aryl methyl sites for hydroxylation is 1. The molecule has 0 saturated carbocycles. The molecule has 0 bridgehead atoms. The number of carbonyl (C=O) groups is 2. The van der Waals surface area contributed by atoms with Gasteiger partial charge in [-0.15, -0.1) is 11.8 Å². The summed E-state index contributed by atoms with van der Waals surface area (Å²) < 4.78 is 5.27. The molecule has 27 heavy (non-hydrogen) atoms. The molecule has 0 atom stereocenters. The zero-order chi connectivity index (χ0) is 19.8. The lowest BCUT2D eigenvalue weighted by molar-refractivity contribution is -0.116. The molecular weight excluding hydrogens is 384 g/mol. The Labute approximate surface area is 168 Å². The third kappa shape index (κ3) is 6.48. The fourth-order valence-electron chi connectivity index (χ4n) is 2.38. The average molecular weight is 407 g/mol. The van der Waals surface area contributed by atoms with E-state index in [4.69, 9.17) is 16.3 Å². The quantitative estimate of drug-likeness (QED) is 0.596. The van der Waals surface area contributed by atoms with Crippen LogP contribution in [0.15, 0.2) is 41.3 Å². The number of hydrogen-bond acceptors (Lipinski definition) is 4. The van der Waals surface area contributed by atoms with Gasteiger partial charge in [0.25, 0.3) is 0 Å². The maximum Gasteiger partial charge on any atom is 0.234 e. The van der Waals surface area contributed by atoms with Crippen LogP contribution in [0.3, 0.4) is 0 Å². The lowest BCUT2D eigenvalue weighted by atomic mass is 10.2. The second kappa shape index (κ2) is 10.2. The van der Waals surface area contributed by atoms with E-state index in [0.29, 0.717) is 22.9 Å². The number of rotatable bonds is 8. The summed E-state index contributed by atoms with van der Waals surface area (Å²) in [6.07, 6.45) is 1.29. The Morgan fingerprint density at radius 2 is 1.93 bits per heavy atom. The highest BCUT2D eigenvalue weighted by atomic mass is 35.5. The fraction of sp³-hybridized carbons (Fsp3) is 0.300. The molecule has 2 aromatic carbocycles. The predicted octanol–water partition coefficient (Wildman–Crippen LogP) is 5.13. The summed E-state index contributed by atoms with van der Waals surface area (Å²) in [5.74, 6) is 0.588. The Hall–Kier alpha value is -2.18. The normalized spacial score (nSPS) is 10.4. The van der Waals surface area contributed by atoms with Crippen molar-refractivity contribution in [2.24, 2.45) is 0 Å². The van der Waals surface area contributed by atoms with Crippen LogP contribution in [-0.4, -0.2) is 24.7 Å². The average Bonchev–Trinajstić information content (AvgIpc) is 2.63. The van der Waals surface area contributed by atoms with Gasteiger partial charge in [0.2, 0.25) is 11.8 Å². The van der Waals surface area contributed by atoms with Gasteiger partial charge < -0.3 is 15.4 Å². The standard InChI is InChI=1S/C20H23ClN2O3S/c1-4-6-19(24)22-14-7-5-8-15(10-14)27-12-20(25)23-17-9-13(2)16(21)11-18(17)26-3/h5,7-11H,4,6,12H2,1-3H3,(H,22,24)(H,23,25). The summed E-state index contributed by atoms with van der Waals surface area (Å²) in [6.45, 7) is 3.83. The van der Waals surface area contributed by atoms with Crippen LogP contribution in [0, 0.1) is 6.92 Å². The van der Waals surface area contributed by atoms with Crippen molar-refractivity contribution in [3.63, 3.8) is 0 Å². The zero-order valence-corrected chi connectivity index (χ0v) is 17.2. The highest BCUT2D eigenvalue weighted by Gasteiger charge is 2.11. The number of halogens is 1. The van der Waals surface area contributed by atoms with Crippen LogP contribution < -0.4 is 15.4 Å². The van der Waals surface area contributed by atoms with Gasteiger partial charge in [-0.05, 0) is 43.2 Å². The van der Waals surface area contributed by atoms with E-state index in [0.717, 1.165) is 22.6 Å². The lowest BCUT2D eigenvalue weighted by Gasteiger charge is -2.12. The highest BCUT2D eigenvalue weighted by molar-refractivity contribution is 8.00. The monoisotopic (exact) mass is 406 g/mol. The van der Waals surface area contributed by atoms with Crippen molar-refractivity contribution in [2.45, 2.75) is 31.6 Å². The molecule has 0 radical (unpaired) electrons. The molecule has 0 aliphatic heterocycles. The number of anilines is 2. The SMILES string of the molecule is CCCC(=O)Nc1cccc(SCC(=O)Nc2cc(C)c(Cl)cc2OC)c1. The van der Waals surface area contributed by atoms with Crippen LogP contribution in [0.4, 0.5) is 11.4 Å². The van der Waals surface area contributed by atoms with Crippen molar-refractivity contribution < 1.29 is 14.3 Å². The molecule has 0 saturated heterocycles. The molecule has 2 aromatic rings. The largest absolute Gasteiger partial charge is 0.495 e. The minimum Gasteiger partial charge on any atom is -0.495 e. The Bertz CT molecular complexity index is 827. The molecule has 5 nitrogen and oxygen atoms in total. The summed E-state index contributed by atoms with van der Waals surface area (Å²) in [4.78, 5) is 24.9. The maximum atomic E-state index is 12.3. The number of thioether (sulfide) groups is 1. The van der Waals surface area contributed by atoms with Crippen LogP contribution in [0.25, 0.3) is 0 Å². The Kier molecular flexibility index (Phi) is 8.00. The van der Waals surface area contributed by atoms with Gasteiger partial charge >= 0.3 is 0 Å². The number of benzene rings is 2. The highest BCUT2D eigenvalue weighted by Crippen LogP contribution is 2.31. The Balaban J connectivity index is 1.96. The van der Waals surface area contributed by atoms with Gasteiger partial charge in [-0.25, -0.2) is 0 Å². The fourth-order valence-corrected chi connectivity index (χ4v) is 3.29. The molecule has 7 heteroatoms. The van der Waals surface area contributed by atoms with E-state index in [9.17, 15) is 9.59 Å². The van der Waals surface area contributed by atoms with E-state index >= 15 is 0 Å². The first kappa shape index (κ1) is 21.1. The summed E-state index contributed by atoms with van der Waals surface area (Å²) in [7, 11) is 1.53. The number of carbonyl (C=O) groups excluding carboxylic acids is 2. The second-order valence-electron chi connectivity index (χ2n) is 5.96. The number of ether oxygens (including phenoxy) is 1. The molecular formula is C20H23ClN2O3S. The molecule has 0 aromatic heterocycles. The summed E-state index contributed by atoms with van der Waals surface area (Å²) in [5, 5.41) is 6.29. The van der Waals surface area contributed by atoms with Crippen molar-refractivity contribution in [2.75, 3.05) is 23.5 Å². The molecule has 2 N–H and O–H groups in total. The molecule has 0 heterocycles. The first-order valence-corrected chi connectivity index (χ1v) is 9.96. The maximum absolute atomic E-state index is 12.3. The molecule has 144 valence electrons. The molecule has 0 aliphatic rings. The second-order valence-corrected chi connectivity index (χ2v) is 7.42. The van der Waals surface area contributed by atoms with Gasteiger partial charge in [0.1, 0.15) is 5.75 Å². The summed E-state index contributed by atoms with van der Waals surface area (Å²) >= 11 is 7.48. The van der Waals surface area contributed by atoms with Crippen molar-refractivity contribution >= 4 is 46.6 Å². The predicted molar refractivity (Wildman–Crippen MR) is 112 cm³/mol. The number of methoxy groups -OCH3 is 1. The van der Waals surface area contributed by atoms with E-state index in [1.807, 2.05) is 38.1 Å². The molecule has 0 aliphatic carbocycles. The van der Waals surface area contributed by atoms with Gasteiger partial charge in [0, 0.05) is 28.1 Å². The van der Waals surface area contributed by atoms with E-state index in [1.54, 1.807) is 12.1 Å². The van der Waals surface area contributed by atoms with Gasteiger partial charge in [-0.3, -0.25) is 9.59 Å². The van der Waals surface area contributed by atoms with Crippen LogP contribution in [0.1, 0.15) is 25.3 Å². The van der Waals surface area contributed by atoms with Crippen LogP contribution in [0.5, 0.6) is 5.75 Å². The lowest BCUT2D eigenvalue weighted by Crippen LogP contribution is -2.15. The number of nitrogens with one attached hydrogen (secondary N) is 2. The van der Waals surface area contributed by atoms with Crippen molar-refractivity contribution in [3.8, 4) is 5.75 Å². The molecule has 0 unspecified atom stereocenters. The van der Waals surface area contributed by atoms with Crippen molar-refractivity contribution in [1.82, 2.24) is 0 Å². The van der Waals surface area contributed by atoms with Crippen LogP contribution in [-0.2, 0) is 9.59 Å². The molecule has 2 rings (SSSR count). The first-order valence-electron chi connectivity index (χ1n) is 8.59. The van der Waals surface area contributed by atoms with Gasteiger partial charge in [-0.2, -0.15) is 0 Å². The number of amides is 2. The molecule has 0 spiro atoms. The van der Waals surface area contributed by atoms with E-state index in [-0.39, 0.29) is 17.6 Å². The first-order chi connectivity index (χ1) is 12.9. The van der Waals surface area contributed by atoms with Gasteiger partial charge in [0.15, 0.2) is 0 Å². The molecule has 0 fully saturated rings. The van der Waals surface area contributed by atoms with E-state index in [1.165, 1.54) is 18.9 Å². The van der Waals surface area contributed by atoms with Crippen molar-refractivity contribution in [1.29, 1.82) is 0 Å². The Morgan fingerprint density at radius 3 is 2.63 bits per heavy atom. The third-order valence-corrected chi connectivity index (χ3v) is 5.12. The van der Waals surface area contributed by atoms with E-state index < -0.39 is 0 Å². The minimum absolute atomic E-state index is 0.0115. The third-order valence-electron chi connectivity index (χ3n) is 3.72. The minimum atomic E-state index is -0.152. The smallest absolute Gasteiger partial charge is 0.234 e. The Morgan fingerprint density at radius 1 is 1.15 bits per heavy atom. The summed E-state index contributed by atoms with van der Waals surface area (Å²) in [6, 6.07) is 10.9. The van der Waals surface area contributed by atoms with Gasteiger partial charge in [-0.1, -0.05) is 24.6 Å². The van der Waals surface area contributed by atoms with Crippen LogP contribution >= 0.6 is 23.4 Å². The summed E-state index contributed by atoms with van der Waals surface area (Å²) in [5.41, 5.74) is 2.18. The number of hydrogen-bond donors (Lipinski definition) is 2. The molecule has 2 amide bonds. The van der Waals surface area contributed by atoms with E-state index in [2.05, 4.69) is 10.6 Å². The topological polar surface area (TPSA) is 67.4 Å². The van der Waals surface area contributed by atoms with Crippen molar-refractivity contribution in [3.05, 3.63) is 47.0 Å². The van der Waals surface area contributed by atoms with Gasteiger partial charge in [0.05, 0.1) is 18.6 Å². The van der Waals surface area contributed by atoms with Crippen LogP contribution in [0.2, 0.25) is 5.02 Å². The zero-order valence-electron chi connectivity index (χ0n) is 15.6.